The molecule has 1 unspecified atom stereocenters. The van der Waals surface area contributed by atoms with Crippen molar-refractivity contribution in [3.05, 3.63) is 58.7 Å². The number of amides is 1. The molecule has 1 atom stereocenters. The molecule has 1 aliphatic carbocycles. The van der Waals surface area contributed by atoms with Crippen molar-refractivity contribution in [3.63, 3.8) is 0 Å². The minimum Gasteiger partial charge on any atom is -0.466 e. The predicted octanol–water partition coefficient (Wildman–Crippen LogP) is 6.82. The Morgan fingerprint density at radius 3 is 2.14 bits per heavy atom. The number of nitrogens with zero attached hydrogens (tertiary/aromatic N) is 1. The maximum atomic E-state index is 13.7. The van der Waals surface area contributed by atoms with Crippen LogP contribution >= 0.6 is 0 Å². The van der Waals surface area contributed by atoms with E-state index < -0.39 is 35.4 Å². The lowest BCUT2D eigenvalue weighted by molar-refractivity contribution is -0.145. The topological polar surface area (TPSA) is 46.6 Å². The summed E-state index contributed by atoms with van der Waals surface area (Å²) in [6.45, 7) is 4.75. The average molecular weight is 515 g/mol. The van der Waals surface area contributed by atoms with Crippen molar-refractivity contribution in [2.75, 3.05) is 13.2 Å². The highest BCUT2D eigenvalue weighted by Crippen LogP contribution is 2.39. The zero-order valence-corrected chi connectivity index (χ0v) is 20.1. The minimum atomic E-state index is -4.76. The summed E-state index contributed by atoms with van der Waals surface area (Å²) in [4.78, 5) is 26.3. The molecule has 1 fully saturated rings. The number of hydrogen-bond donors (Lipinski definition) is 0. The number of rotatable bonds is 8. The van der Waals surface area contributed by atoms with Gasteiger partial charge in [-0.15, -0.1) is 0 Å². The molecule has 1 aliphatic rings. The Hall–Kier alpha value is -3.04. The van der Waals surface area contributed by atoms with E-state index in [1.807, 2.05) is 0 Å². The Kier molecular flexibility index (Phi) is 8.05. The van der Waals surface area contributed by atoms with E-state index in [-0.39, 0.29) is 53.8 Å². The zero-order chi connectivity index (χ0) is 26.8. The van der Waals surface area contributed by atoms with Gasteiger partial charge in [0.15, 0.2) is 0 Å². The quantitative estimate of drug-likeness (QED) is 0.287. The highest BCUT2D eigenvalue weighted by Gasteiger charge is 2.36. The van der Waals surface area contributed by atoms with Gasteiger partial charge in [-0.2, -0.15) is 26.3 Å². The first-order chi connectivity index (χ1) is 16.8. The van der Waals surface area contributed by atoms with E-state index in [9.17, 15) is 35.9 Å². The fourth-order valence-corrected chi connectivity index (χ4v) is 3.95. The highest BCUT2D eigenvalue weighted by molar-refractivity contribution is 5.82. The second kappa shape index (κ2) is 10.5. The SMILES string of the molecule is CCOC(=O)C(C)c1cc(-c2ccc(C(F)(F)F)cc2CN(CC)C(=O)C2CC2)cc(C(F)(F)F)c1. The first-order valence-electron chi connectivity index (χ1n) is 11.6. The first-order valence-corrected chi connectivity index (χ1v) is 11.6. The fraction of sp³-hybridized carbons (Fsp3) is 0.462. The molecule has 0 N–H and O–H groups in total. The first kappa shape index (κ1) is 27.5. The van der Waals surface area contributed by atoms with E-state index in [0.29, 0.717) is 12.8 Å². The maximum Gasteiger partial charge on any atom is 0.416 e. The second-order valence-corrected chi connectivity index (χ2v) is 8.81. The van der Waals surface area contributed by atoms with Crippen molar-refractivity contribution >= 4 is 11.9 Å². The van der Waals surface area contributed by atoms with E-state index in [0.717, 1.165) is 30.3 Å². The molecule has 196 valence electrons. The second-order valence-electron chi connectivity index (χ2n) is 8.81. The van der Waals surface area contributed by atoms with Gasteiger partial charge < -0.3 is 9.64 Å². The fourth-order valence-electron chi connectivity index (χ4n) is 3.95. The van der Waals surface area contributed by atoms with Gasteiger partial charge in [0.1, 0.15) is 0 Å². The van der Waals surface area contributed by atoms with Crippen LogP contribution in [0.15, 0.2) is 36.4 Å². The Balaban J connectivity index is 2.16. The van der Waals surface area contributed by atoms with E-state index in [4.69, 9.17) is 4.74 Å². The van der Waals surface area contributed by atoms with Crippen molar-refractivity contribution in [2.45, 2.75) is 58.4 Å². The van der Waals surface area contributed by atoms with E-state index >= 15 is 0 Å². The number of alkyl halides is 6. The lowest BCUT2D eigenvalue weighted by Crippen LogP contribution is -2.31. The third-order valence-electron chi connectivity index (χ3n) is 6.15. The van der Waals surface area contributed by atoms with Crippen LogP contribution in [0.25, 0.3) is 11.1 Å². The summed E-state index contributed by atoms with van der Waals surface area (Å²) in [5.41, 5.74) is -1.81. The van der Waals surface area contributed by atoms with Crippen molar-refractivity contribution in [1.29, 1.82) is 0 Å². The van der Waals surface area contributed by atoms with Gasteiger partial charge >= 0.3 is 18.3 Å². The van der Waals surface area contributed by atoms with Crippen molar-refractivity contribution in [3.8, 4) is 11.1 Å². The Labute approximate surface area is 205 Å². The molecule has 1 amide bonds. The average Bonchev–Trinajstić information content (AvgIpc) is 3.65. The van der Waals surface area contributed by atoms with Gasteiger partial charge in [0, 0.05) is 19.0 Å². The molecule has 0 heterocycles. The molecule has 3 rings (SSSR count). The molecular formula is C26H27F6NO3. The third kappa shape index (κ3) is 6.39. The molecule has 1 saturated carbocycles. The maximum absolute atomic E-state index is 13.7. The molecule has 0 aromatic heterocycles. The van der Waals surface area contributed by atoms with Crippen molar-refractivity contribution in [2.24, 2.45) is 5.92 Å². The van der Waals surface area contributed by atoms with Crippen LogP contribution in [0.5, 0.6) is 0 Å². The summed E-state index contributed by atoms with van der Waals surface area (Å²) in [7, 11) is 0. The lowest BCUT2D eigenvalue weighted by Gasteiger charge is -2.24. The van der Waals surface area contributed by atoms with Gasteiger partial charge in [0.2, 0.25) is 5.91 Å². The monoisotopic (exact) mass is 515 g/mol. The molecular weight excluding hydrogens is 488 g/mol. The molecule has 4 nitrogen and oxygen atoms in total. The number of carbonyl (C=O) groups excluding carboxylic acids is 2. The summed E-state index contributed by atoms with van der Waals surface area (Å²) >= 11 is 0. The highest BCUT2D eigenvalue weighted by atomic mass is 19.4. The van der Waals surface area contributed by atoms with Crippen LogP contribution in [0.3, 0.4) is 0 Å². The van der Waals surface area contributed by atoms with E-state index in [1.54, 1.807) is 13.8 Å². The number of carbonyl (C=O) groups is 2. The summed E-state index contributed by atoms with van der Waals surface area (Å²) in [6, 6.07) is 5.81. The molecule has 0 aliphatic heterocycles. The van der Waals surface area contributed by atoms with E-state index in [2.05, 4.69) is 0 Å². The van der Waals surface area contributed by atoms with Gasteiger partial charge in [0.25, 0.3) is 0 Å². The molecule has 2 aromatic carbocycles. The summed E-state index contributed by atoms with van der Waals surface area (Å²) < 4.78 is 86.6. The van der Waals surface area contributed by atoms with Crippen LogP contribution in [0, 0.1) is 5.92 Å². The van der Waals surface area contributed by atoms with Gasteiger partial charge in [-0.3, -0.25) is 9.59 Å². The molecule has 0 saturated heterocycles. The summed E-state index contributed by atoms with van der Waals surface area (Å²) in [5, 5.41) is 0. The standard InChI is InChI=1S/C26H27F6NO3/c1-4-33(23(34)16-6-7-16)14-19-13-20(25(27,28)29)8-9-22(19)18-10-17(15(3)24(35)36-5-2)11-21(12-18)26(30,31)32/h8-13,15-16H,4-7,14H2,1-3H3. The Bertz CT molecular complexity index is 1120. The van der Waals surface area contributed by atoms with Crippen LogP contribution in [-0.2, 0) is 33.2 Å². The molecule has 0 bridgehead atoms. The minimum absolute atomic E-state index is 0.00498. The van der Waals surface area contributed by atoms with Crippen LogP contribution in [-0.4, -0.2) is 29.9 Å². The Morgan fingerprint density at radius 2 is 1.61 bits per heavy atom. The van der Waals surface area contributed by atoms with Gasteiger partial charge in [-0.25, -0.2) is 0 Å². The van der Waals surface area contributed by atoms with Crippen LogP contribution in [0.1, 0.15) is 61.8 Å². The number of ether oxygens (including phenoxy) is 1. The number of hydrogen-bond acceptors (Lipinski definition) is 3. The normalized spacial score (nSPS) is 14.9. The van der Waals surface area contributed by atoms with Crippen molar-refractivity contribution in [1.82, 2.24) is 4.90 Å². The smallest absolute Gasteiger partial charge is 0.416 e. The third-order valence-corrected chi connectivity index (χ3v) is 6.15. The van der Waals surface area contributed by atoms with Gasteiger partial charge in [-0.05, 0) is 80.1 Å². The number of benzene rings is 2. The van der Waals surface area contributed by atoms with Crippen LogP contribution in [0.2, 0.25) is 0 Å². The molecule has 2 aromatic rings. The molecule has 0 radical (unpaired) electrons. The summed E-state index contributed by atoms with van der Waals surface area (Å²) in [6.07, 6.45) is -8.04. The predicted molar refractivity (Wildman–Crippen MR) is 121 cm³/mol. The molecule has 0 spiro atoms. The van der Waals surface area contributed by atoms with Gasteiger partial charge in [-0.1, -0.05) is 12.1 Å². The van der Waals surface area contributed by atoms with Crippen molar-refractivity contribution < 1.29 is 40.7 Å². The Morgan fingerprint density at radius 1 is 0.972 bits per heavy atom. The van der Waals surface area contributed by atoms with Crippen LogP contribution < -0.4 is 0 Å². The van der Waals surface area contributed by atoms with E-state index in [1.165, 1.54) is 17.9 Å². The molecule has 10 heteroatoms. The van der Waals surface area contributed by atoms with Gasteiger partial charge in [0.05, 0.1) is 23.7 Å². The van der Waals surface area contributed by atoms with Crippen LogP contribution in [0.4, 0.5) is 26.3 Å². The lowest BCUT2D eigenvalue weighted by atomic mass is 9.90. The largest absolute Gasteiger partial charge is 0.466 e. The molecule has 36 heavy (non-hydrogen) atoms. The number of halogens is 6. The zero-order valence-electron chi connectivity index (χ0n) is 20.1. The number of esters is 1. The summed E-state index contributed by atoms with van der Waals surface area (Å²) in [5.74, 6) is -2.12.